The van der Waals surface area contributed by atoms with E-state index in [4.69, 9.17) is 12.2 Å². The molecule has 3 aromatic rings. The van der Waals surface area contributed by atoms with Gasteiger partial charge in [0.15, 0.2) is 5.11 Å². The predicted molar refractivity (Wildman–Crippen MR) is 118 cm³/mol. The minimum atomic E-state index is 0.219. The summed E-state index contributed by atoms with van der Waals surface area (Å²) < 4.78 is 0. The van der Waals surface area contributed by atoms with E-state index in [0.29, 0.717) is 6.04 Å². The number of hydrogen-bond acceptors (Lipinski definition) is 2. The van der Waals surface area contributed by atoms with Crippen molar-refractivity contribution in [2.24, 2.45) is 0 Å². The van der Waals surface area contributed by atoms with Crippen molar-refractivity contribution in [3.8, 4) is 0 Å². The number of nitrogens with zero attached hydrogens (tertiary/aromatic N) is 1. The predicted octanol–water partition coefficient (Wildman–Crippen LogP) is 3.99. The van der Waals surface area contributed by atoms with Crippen LogP contribution in [0, 0.1) is 0 Å². The van der Waals surface area contributed by atoms with Crippen molar-refractivity contribution in [1.29, 1.82) is 0 Å². The fourth-order valence-corrected chi connectivity index (χ4v) is 3.70. The highest BCUT2D eigenvalue weighted by Gasteiger charge is 2.23. The third-order valence-electron chi connectivity index (χ3n) is 5.19. The molecule has 0 bridgehead atoms. The number of rotatable bonds is 6. The van der Waals surface area contributed by atoms with E-state index >= 15 is 0 Å². The molecule has 0 amide bonds. The van der Waals surface area contributed by atoms with Gasteiger partial charge in [-0.3, -0.25) is 0 Å². The van der Waals surface area contributed by atoms with Crippen LogP contribution in [-0.2, 0) is 0 Å². The Balaban J connectivity index is 1.62. The molecule has 4 rings (SSSR count). The lowest BCUT2D eigenvalue weighted by molar-refractivity contribution is 0.742. The summed E-state index contributed by atoms with van der Waals surface area (Å²) in [7, 11) is 4.13. The molecule has 5 heteroatoms. The SMILES string of the molecule is CN(C)c1ccc([C@H](CNC(=S)NC2CC2)c2c[nH]c3ccccc23)cc1. The molecule has 0 saturated heterocycles. The van der Waals surface area contributed by atoms with Gasteiger partial charge < -0.3 is 20.5 Å². The van der Waals surface area contributed by atoms with E-state index < -0.39 is 0 Å². The zero-order valence-electron chi connectivity index (χ0n) is 15.8. The van der Waals surface area contributed by atoms with Gasteiger partial charge in [-0.25, -0.2) is 0 Å². The molecule has 0 radical (unpaired) electrons. The summed E-state index contributed by atoms with van der Waals surface area (Å²) in [5.74, 6) is 0.219. The largest absolute Gasteiger partial charge is 0.378 e. The van der Waals surface area contributed by atoms with Gasteiger partial charge in [-0.05, 0) is 54.4 Å². The fourth-order valence-electron chi connectivity index (χ4n) is 3.45. The fraction of sp³-hybridized carbons (Fsp3) is 0.318. The van der Waals surface area contributed by atoms with Gasteiger partial charge in [-0.1, -0.05) is 30.3 Å². The van der Waals surface area contributed by atoms with Crippen LogP contribution in [0.4, 0.5) is 5.69 Å². The lowest BCUT2D eigenvalue weighted by Crippen LogP contribution is -2.38. The van der Waals surface area contributed by atoms with E-state index in [-0.39, 0.29) is 5.92 Å². The molecule has 1 aliphatic rings. The standard InChI is InChI=1S/C22H26N4S/c1-26(2)17-11-7-15(8-12-17)19(13-24-22(27)25-16-9-10-16)20-14-23-21-6-4-3-5-18(20)21/h3-8,11-12,14,16,19,23H,9-10,13H2,1-2H3,(H2,24,25,27)/t19-/m0/s1. The van der Waals surface area contributed by atoms with E-state index in [2.05, 4.69) is 89.3 Å². The summed E-state index contributed by atoms with van der Waals surface area (Å²) in [6.45, 7) is 0.766. The molecule has 140 valence electrons. The number of thiocarbonyl (C=S) groups is 1. The Hall–Kier alpha value is -2.53. The van der Waals surface area contributed by atoms with Crippen molar-refractivity contribution >= 4 is 33.9 Å². The number of nitrogens with one attached hydrogen (secondary N) is 3. The van der Waals surface area contributed by atoms with Gasteiger partial charge >= 0.3 is 0 Å². The zero-order valence-corrected chi connectivity index (χ0v) is 16.6. The van der Waals surface area contributed by atoms with Gasteiger partial charge in [0.05, 0.1) is 0 Å². The smallest absolute Gasteiger partial charge is 0.166 e. The molecule has 0 unspecified atom stereocenters. The molecule has 27 heavy (non-hydrogen) atoms. The lowest BCUT2D eigenvalue weighted by Gasteiger charge is -2.21. The molecule has 1 fully saturated rings. The minimum Gasteiger partial charge on any atom is -0.378 e. The molecule has 4 nitrogen and oxygen atoms in total. The van der Waals surface area contributed by atoms with Gasteiger partial charge in [-0.2, -0.15) is 0 Å². The zero-order chi connectivity index (χ0) is 18.8. The van der Waals surface area contributed by atoms with Crippen molar-refractivity contribution in [2.45, 2.75) is 24.8 Å². The monoisotopic (exact) mass is 378 g/mol. The molecule has 0 spiro atoms. The van der Waals surface area contributed by atoms with Crippen LogP contribution in [0.25, 0.3) is 10.9 Å². The van der Waals surface area contributed by atoms with E-state index in [1.165, 1.54) is 40.6 Å². The average Bonchev–Trinajstić information content (AvgIpc) is 3.39. The highest BCUT2D eigenvalue weighted by molar-refractivity contribution is 7.80. The first-order valence-corrected chi connectivity index (χ1v) is 9.90. The highest BCUT2D eigenvalue weighted by Crippen LogP contribution is 2.31. The second-order valence-electron chi connectivity index (χ2n) is 7.46. The van der Waals surface area contributed by atoms with Gasteiger partial charge in [0.25, 0.3) is 0 Å². The van der Waals surface area contributed by atoms with Crippen molar-refractivity contribution < 1.29 is 0 Å². The molecule has 1 heterocycles. The first kappa shape index (κ1) is 17.9. The van der Waals surface area contributed by atoms with E-state index in [0.717, 1.165) is 11.7 Å². The summed E-state index contributed by atoms with van der Waals surface area (Å²) in [6, 6.07) is 17.8. The van der Waals surface area contributed by atoms with Crippen LogP contribution in [0.3, 0.4) is 0 Å². The number of para-hydroxylation sites is 1. The Labute approximate surface area is 166 Å². The molecule has 1 aliphatic carbocycles. The molecule has 1 aromatic heterocycles. The van der Waals surface area contributed by atoms with Crippen LogP contribution >= 0.6 is 12.2 Å². The summed E-state index contributed by atoms with van der Waals surface area (Å²) in [6.07, 6.45) is 4.58. The van der Waals surface area contributed by atoms with Crippen molar-refractivity contribution in [2.75, 3.05) is 25.5 Å². The second-order valence-corrected chi connectivity index (χ2v) is 7.87. The number of H-pyrrole nitrogens is 1. The van der Waals surface area contributed by atoms with Crippen LogP contribution in [0.5, 0.6) is 0 Å². The van der Waals surface area contributed by atoms with Crippen molar-refractivity contribution in [3.63, 3.8) is 0 Å². The quantitative estimate of drug-likeness (QED) is 0.568. The Bertz CT molecular complexity index is 925. The summed E-state index contributed by atoms with van der Waals surface area (Å²) in [4.78, 5) is 5.54. The number of benzene rings is 2. The molecular formula is C22H26N4S. The van der Waals surface area contributed by atoms with Gasteiger partial charge in [0.2, 0.25) is 0 Å². The average molecular weight is 379 g/mol. The van der Waals surface area contributed by atoms with E-state index in [1.807, 2.05) is 0 Å². The maximum atomic E-state index is 5.48. The summed E-state index contributed by atoms with van der Waals surface area (Å²) >= 11 is 5.48. The Morgan fingerprint density at radius 1 is 1.15 bits per heavy atom. The van der Waals surface area contributed by atoms with E-state index in [9.17, 15) is 0 Å². The molecule has 2 aromatic carbocycles. The maximum Gasteiger partial charge on any atom is 0.166 e. The van der Waals surface area contributed by atoms with Gasteiger partial charge in [0, 0.05) is 55.4 Å². The Morgan fingerprint density at radius 2 is 1.89 bits per heavy atom. The second kappa shape index (κ2) is 7.61. The third kappa shape index (κ3) is 4.08. The topological polar surface area (TPSA) is 43.1 Å². The number of aromatic nitrogens is 1. The number of anilines is 1. The number of hydrogen-bond donors (Lipinski definition) is 3. The van der Waals surface area contributed by atoms with Crippen molar-refractivity contribution in [1.82, 2.24) is 15.6 Å². The summed E-state index contributed by atoms with van der Waals surface area (Å²) in [5, 5.41) is 8.83. The number of fused-ring (bicyclic) bond motifs is 1. The molecule has 3 N–H and O–H groups in total. The highest BCUT2D eigenvalue weighted by atomic mass is 32.1. The van der Waals surface area contributed by atoms with Gasteiger partial charge in [-0.15, -0.1) is 0 Å². The summed E-state index contributed by atoms with van der Waals surface area (Å²) in [5.41, 5.74) is 4.95. The molecule has 0 aliphatic heterocycles. The van der Waals surface area contributed by atoms with Crippen LogP contribution in [0.2, 0.25) is 0 Å². The molecule has 1 atom stereocenters. The molecular weight excluding hydrogens is 352 g/mol. The Morgan fingerprint density at radius 3 is 2.59 bits per heavy atom. The third-order valence-corrected chi connectivity index (χ3v) is 5.45. The lowest BCUT2D eigenvalue weighted by atomic mass is 9.90. The van der Waals surface area contributed by atoms with Gasteiger partial charge in [0.1, 0.15) is 0 Å². The number of aromatic amines is 1. The first-order chi connectivity index (χ1) is 13.1. The van der Waals surface area contributed by atoms with E-state index in [1.54, 1.807) is 0 Å². The van der Waals surface area contributed by atoms with Crippen molar-refractivity contribution in [3.05, 3.63) is 65.9 Å². The van der Waals surface area contributed by atoms with Crippen LogP contribution in [0.1, 0.15) is 29.9 Å². The first-order valence-electron chi connectivity index (χ1n) is 9.49. The Kier molecular flexibility index (Phi) is 5.03. The maximum absolute atomic E-state index is 5.48. The van der Waals surface area contributed by atoms with Crippen LogP contribution < -0.4 is 15.5 Å². The van der Waals surface area contributed by atoms with Crippen LogP contribution in [0.15, 0.2) is 54.7 Å². The van der Waals surface area contributed by atoms with Crippen LogP contribution in [-0.4, -0.2) is 36.8 Å². The minimum absolute atomic E-state index is 0.219. The molecule has 1 saturated carbocycles. The normalized spacial score (nSPS) is 14.7.